The predicted octanol–water partition coefficient (Wildman–Crippen LogP) is 9.50. The van der Waals surface area contributed by atoms with Crippen molar-refractivity contribution in [3.8, 4) is 0 Å². The Morgan fingerprint density at radius 1 is 0.867 bits per heavy atom. The van der Waals surface area contributed by atoms with E-state index in [0.29, 0.717) is 5.92 Å². The summed E-state index contributed by atoms with van der Waals surface area (Å²) in [4.78, 5) is 0. The topological polar surface area (TPSA) is 0 Å². The molecule has 0 amide bonds. The van der Waals surface area contributed by atoms with E-state index in [1.165, 1.54) is 89.2 Å². The maximum Gasteiger partial charge on any atom is 0.161 e. The monoisotopic (exact) mass is 420 g/mol. The third-order valence-electron chi connectivity index (χ3n) is 7.80. The standard InChI is InChI=1S/C27H39F3/c1-2-5-20-8-10-21(11-9-20)6-3-4-7-22-12-14-23(15-13-22)24-16-17-25(26(29)18-24)27(30)19-28/h16-23H,2-15H2,1H3/b27-19-/t20-,21-,22-,23-. The molecule has 0 N–H and O–H groups in total. The van der Waals surface area contributed by atoms with Gasteiger partial charge in [0, 0.05) is 5.56 Å². The molecule has 0 spiro atoms. The first-order valence-electron chi connectivity index (χ1n) is 12.4. The molecular formula is C27H39F3. The van der Waals surface area contributed by atoms with E-state index in [1.807, 2.05) is 0 Å². The first-order chi connectivity index (χ1) is 14.6. The van der Waals surface area contributed by atoms with Gasteiger partial charge in [-0.2, -0.15) is 0 Å². The van der Waals surface area contributed by atoms with Gasteiger partial charge in [0.25, 0.3) is 0 Å². The van der Waals surface area contributed by atoms with Gasteiger partial charge in [-0.3, -0.25) is 0 Å². The molecule has 2 fully saturated rings. The quantitative estimate of drug-likeness (QED) is 0.349. The van der Waals surface area contributed by atoms with Crippen LogP contribution in [0.1, 0.15) is 114 Å². The van der Waals surface area contributed by atoms with Crippen molar-refractivity contribution in [1.82, 2.24) is 0 Å². The van der Waals surface area contributed by atoms with Crippen LogP contribution in [0.15, 0.2) is 24.5 Å². The van der Waals surface area contributed by atoms with E-state index in [0.717, 1.165) is 36.2 Å². The molecular weight excluding hydrogens is 381 g/mol. The lowest BCUT2D eigenvalue weighted by atomic mass is 9.76. The molecule has 0 unspecified atom stereocenters. The van der Waals surface area contributed by atoms with Crippen molar-refractivity contribution in [2.45, 2.75) is 103 Å². The second-order valence-electron chi connectivity index (χ2n) is 9.87. The van der Waals surface area contributed by atoms with Crippen LogP contribution < -0.4 is 0 Å². The molecule has 0 nitrogen and oxygen atoms in total. The second-order valence-corrected chi connectivity index (χ2v) is 9.87. The molecule has 2 aliphatic carbocycles. The molecule has 0 heterocycles. The van der Waals surface area contributed by atoms with Gasteiger partial charge in [0.05, 0.1) is 0 Å². The molecule has 2 aliphatic rings. The van der Waals surface area contributed by atoms with E-state index in [2.05, 4.69) is 6.92 Å². The number of hydrogen-bond donors (Lipinski definition) is 0. The molecule has 0 aliphatic heterocycles. The Kier molecular flexibility index (Phi) is 9.33. The maximum absolute atomic E-state index is 14.1. The molecule has 0 radical (unpaired) electrons. The molecule has 0 bridgehead atoms. The van der Waals surface area contributed by atoms with Crippen molar-refractivity contribution in [3.63, 3.8) is 0 Å². The molecule has 30 heavy (non-hydrogen) atoms. The highest BCUT2D eigenvalue weighted by atomic mass is 19.2. The van der Waals surface area contributed by atoms with Gasteiger partial charge < -0.3 is 0 Å². The van der Waals surface area contributed by atoms with E-state index in [9.17, 15) is 13.2 Å². The van der Waals surface area contributed by atoms with Crippen LogP contribution >= 0.6 is 0 Å². The van der Waals surface area contributed by atoms with Crippen LogP contribution in [-0.4, -0.2) is 0 Å². The average Bonchev–Trinajstić information content (AvgIpc) is 2.78. The minimum Gasteiger partial charge on any atom is -0.212 e. The zero-order valence-electron chi connectivity index (χ0n) is 18.7. The molecule has 0 aromatic heterocycles. The summed E-state index contributed by atoms with van der Waals surface area (Å²) in [5, 5.41) is 0. The Morgan fingerprint density at radius 2 is 1.40 bits per heavy atom. The minimum absolute atomic E-state index is 0.180. The van der Waals surface area contributed by atoms with Gasteiger partial charge >= 0.3 is 0 Å². The van der Waals surface area contributed by atoms with Gasteiger partial charge in [0.1, 0.15) is 12.1 Å². The first-order valence-corrected chi connectivity index (χ1v) is 12.4. The summed E-state index contributed by atoms with van der Waals surface area (Å²) >= 11 is 0. The van der Waals surface area contributed by atoms with Gasteiger partial charge in [-0.15, -0.1) is 0 Å². The van der Waals surface area contributed by atoms with Crippen LogP contribution in [0.25, 0.3) is 5.83 Å². The molecule has 3 rings (SSSR count). The predicted molar refractivity (Wildman–Crippen MR) is 120 cm³/mol. The third kappa shape index (κ3) is 6.62. The number of benzene rings is 1. The molecule has 168 valence electrons. The van der Waals surface area contributed by atoms with Crippen molar-refractivity contribution in [1.29, 1.82) is 0 Å². The van der Waals surface area contributed by atoms with Crippen molar-refractivity contribution in [2.24, 2.45) is 17.8 Å². The van der Waals surface area contributed by atoms with E-state index in [-0.39, 0.29) is 11.9 Å². The van der Waals surface area contributed by atoms with Crippen molar-refractivity contribution in [2.75, 3.05) is 0 Å². The molecule has 3 heteroatoms. The lowest BCUT2D eigenvalue weighted by molar-refractivity contribution is 0.243. The highest BCUT2D eigenvalue weighted by molar-refractivity contribution is 5.58. The summed E-state index contributed by atoms with van der Waals surface area (Å²) in [6, 6.07) is 4.54. The van der Waals surface area contributed by atoms with Gasteiger partial charge in [0.15, 0.2) is 5.83 Å². The summed E-state index contributed by atoms with van der Waals surface area (Å²) < 4.78 is 39.7. The van der Waals surface area contributed by atoms with Gasteiger partial charge in [-0.1, -0.05) is 77.2 Å². The fourth-order valence-electron chi connectivity index (χ4n) is 5.91. The zero-order valence-corrected chi connectivity index (χ0v) is 18.7. The Labute approximate surface area is 181 Å². The average molecular weight is 421 g/mol. The van der Waals surface area contributed by atoms with Crippen LogP contribution in [0.5, 0.6) is 0 Å². The largest absolute Gasteiger partial charge is 0.212 e. The van der Waals surface area contributed by atoms with E-state index in [4.69, 9.17) is 0 Å². The number of unbranched alkanes of at least 4 members (excludes halogenated alkanes) is 1. The summed E-state index contributed by atoms with van der Waals surface area (Å²) in [7, 11) is 0. The van der Waals surface area contributed by atoms with Crippen molar-refractivity contribution >= 4 is 5.83 Å². The Morgan fingerprint density at radius 3 is 1.90 bits per heavy atom. The Balaban J connectivity index is 1.33. The van der Waals surface area contributed by atoms with Crippen molar-refractivity contribution < 1.29 is 13.2 Å². The van der Waals surface area contributed by atoms with Crippen LogP contribution in [-0.2, 0) is 0 Å². The molecule has 1 aromatic carbocycles. The molecule has 0 atom stereocenters. The normalized spacial score (nSPS) is 27.9. The van der Waals surface area contributed by atoms with Crippen molar-refractivity contribution in [3.05, 3.63) is 41.5 Å². The zero-order chi connectivity index (χ0) is 21.3. The van der Waals surface area contributed by atoms with Crippen LogP contribution in [0.2, 0.25) is 0 Å². The Bertz CT molecular complexity index is 665. The highest BCUT2D eigenvalue weighted by Gasteiger charge is 2.24. The lowest BCUT2D eigenvalue weighted by Gasteiger charge is -2.30. The summed E-state index contributed by atoms with van der Waals surface area (Å²) in [5.41, 5.74) is 0.647. The SMILES string of the molecule is CCC[C@H]1CC[C@H](CCCC[C@H]2CC[C@H](c3ccc(/C(F)=C/F)c(F)c3)CC2)CC1. The second kappa shape index (κ2) is 12.0. The number of halogens is 3. The first kappa shape index (κ1) is 23.4. The van der Waals surface area contributed by atoms with Crippen LogP contribution in [0.3, 0.4) is 0 Å². The third-order valence-corrected chi connectivity index (χ3v) is 7.80. The van der Waals surface area contributed by atoms with Crippen LogP contribution in [0, 0.1) is 23.6 Å². The summed E-state index contributed by atoms with van der Waals surface area (Å²) in [6.45, 7) is 2.31. The molecule has 1 aromatic rings. The summed E-state index contributed by atoms with van der Waals surface area (Å²) in [6.07, 6.45) is 18.5. The van der Waals surface area contributed by atoms with E-state index in [1.54, 1.807) is 6.07 Å². The van der Waals surface area contributed by atoms with E-state index < -0.39 is 11.6 Å². The maximum atomic E-state index is 14.1. The molecule has 0 saturated heterocycles. The van der Waals surface area contributed by atoms with Gasteiger partial charge in [0.2, 0.25) is 0 Å². The van der Waals surface area contributed by atoms with Gasteiger partial charge in [-0.05, 0) is 67.1 Å². The minimum atomic E-state index is -1.14. The number of rotatable bonds is 9. The van der Waals surface area contributed by atoms with Crippen LogP contribution in [0.4, 0.5) is 13.2 Å². The summed E-state index contributed by atoms with van der Waals surface area (Å²) in [5.74, 6) is 1.33. The van der Waals surface area contributed by atoms with Gasteiger partial charge in [-0.25, -0.2) is 13.2 Å². The smallest absolute Gasteiger partial charge is 0.161 e. The fraction of sp³-hybridized carbons (Fsp3) is 0.704. The fourth-order valence-corrected chi connectivity index (χ4v) is 5.91. The Hall–Kier alpha value is -1.25. The van der Waals surface area contributed by atoms with E-state index >= 15 is 0 Å². The molecule has 2 saturated carbocycles. The lowest BCUT2D eigenvalue weighted by Crippen LogP contribution is -2.15. The number of hydrogen-bond acceptors (Lipinski definition) is 0. The highest BCUT2D eigenvalue weighted by Crippen LogP contribution is 2.39.